The van der Waals surface area contributed by atoms with Crippen molar-refractivity contribution in [3.8, 4) is 0 Å². The predicted molar refractivity (Wildman–Crippen MR) is 42.2 cm³/mol. The third-order valence-electron chi connectivity index (χ3n) is 1.87. The largest absolute Gasteiger partial charge is 0.367 e. The third-order valence-corrected chi connectivity index (χ3v) is 1.87. The summed E-state index contributed by atoms with van der Waals surface area (Å²) in [5, 5.41) is 9.21. The van der Waals surface area contributed by atoms with E-state index >= 15 is 0 Å². The number of aliphatic hydroxyl groups is 1. The maximum Gasteiger partial charge on any atom is 0.161 e. The molecular formula is C7H14N2O2. The van der Waals surface area contributed by atoms with Gasteiger partial charge in [-0.3, -0.25) is 4.99 Å². The molecule has 0 aromatic rings. The number of nitrogens with two attached hydrogens (primary N) is 1. The first-order valence-electron chi connectivity index (χ1n) is 3.74. The van der Waals surface area contributed by atoms with Crippen molar-refractivity contribution in [3.05, 3.63) is 0 Å². The number of aliphatic imine (C=N–C) groups is 1. The van der Waals surface area contributed by atoms with Crippen LogP contribution >= 0.6 is 0 Å². The lowest BCUT2D eigenvalue weighted by Gasteiger charge is -2.22. The van der Waals surface area contributed by atoms with E-state index in [-0.39, 0.29) is 12.1 Å². The smallest absolute Gasteiger partial charge is 0.161 e. The van der Waals surface area contributed by atoms with Gasteiger partial charge >= 0.3 is 0 Å². The fraction of sp³-hybridized carbons (Fsp3) is 0.857. The van der Waals surface area contributed by atoms with E-state index in [1.807, 2.05) is 0 Å². The van der Waals surface area contributed by atoms with Crippen LogP contribution in [0, 0.1) is 5.92 Å². The van der Waals surface area contributed by atoms with Gasteiger partial charge in [-0.25, -0.2) is 0 Å². The van der Waals surface area contributed by atoms with Crippen LogP contribution in [-0.4, -0.2) is 30.9 Å². The monoisotopic (exact) mass is 158 g/mol. The summed E-state index contributed by atoms with van der Waals surface area (Å²) in [6.07, 6.45) is 2.53. The maximum absolute atomic E-state index is 9.21. The first-order chi connectivity index (χ1) is 5.24. The van der Waals surface area contributed by atoms with Crippen LogP contribution in [0.15, 0.2) is 4.99 Å². The van der Waals surface area contributed by atoms with E-state index in [9.17, 15) is 5.11 Å². The first kappa shape index (κ1) is 8.64. The molecule has 0 bridgehead atoms. The Morgan fingerprint density at radius 2 is 2.45 bits per heavy atom. The van der Waals surface area contributed by atoms with Crippen LogP contribution in [0.4, 0.5) is 0 Å². The fourth-order valence-electron chi connectivity index (χ4n) is 1.12. The van der Waals surface area contributed by atoms with Gasteiger partial charge in [-0.15, -0.1) is 0 Å². The highest BCUT2D eigenvalue weighted by atomic mass is 16.6. The van der Waals surface area contributed by atoms with E-state index in [0.717, 1.165) is 12.8 Å². The van der Waals surface area contributed by atoms with Gasteiger partial charge in [0.25, 0.3) is 0 Å². The van der Waals surface area contributed by atoms with Gasteiger partial charge in [0.1, 0.15) is 0 Å². The van der Waals surface area contributed by atoms with Gasteiger partial charge in [0.15, 0.2) is 6.29 Å². The van der Waals surface area contributed by atoms with Gasteiger partial charge in [0, 0.05) is 19.2 Å². The SMILES string of the molecule is COC(O)C1C=NC(N)CC1. The number of aliphatic hydroxyl groups excluding tert-OH is 1. The molecule has 0 spiro atoms. The van der Waals surface area contributed by atoms with Crippen LogP contribution in [0.1, 0.15) is 12.8 Å². The Hall–Kier alpha value is -0.450. The molecule has 1 rings (SSSR count). The summed E-state index contributed by atoms with van der Waals surface area (Å²) in [7, 11) is 1.48. The van der Waals surface area contributed by atoms with E-state index in [0.29, 0.717) is 0 Å². The van der Waals surface area contributed by atoms with Crippen molar-refractivity contribution >= 4 is 6.21 Å². The zero-order chi connectivity index (χ0) is 8.27. The molecule has 4 heteroatoms. The van der Waals surface area contributed by atoms with E-state index in [1.165, 1.54) is 7.11 Å². The number of methoxy groups -OCH3 is 1. The standard InChI is InChI=1S/C7H14N2O2/c1-11-7(10)5-2-3-6(8)9-4-5/h4-7,10H,2-3,8H2,1H3. The molecule has 0 aliphatic carbocycles. The summed E-state index contributed by atoms with van der Waals surface area (Å²) in [6, 6.07) is 0. The van der Waals surface area contributed by atoms with Gasteiger partial charge in [-0.05, 0) is 12.8 Å². The molecule has 11 heavy (non-hydrogen) atoms. The lowest BCUT2D eigenvalue weighted by atomic mass is 10.0. The molecule has 3 unspecified atom stereocenters. The molecule has 0 fully saturated rings. The minimum Gasteiger partial charge on any atom is -0.367 e. The second-order valence-corrected chi connectivity index (χ2v) is 2.73. The Morgan fingerprint density at radius 1 is 1.73 bits per heavy atom. The number of nitrogens with zero attached hydrogens (tertiary/aromatic N) is 1. The summed E-state index contributed by atoms with van der Waals surface area (Å²) in [4.78, 5) is 3.99. The molecule has 1 heterocycles. The lowest BCUT2D eigenvalue weighted by molar-refractivity contribution is -0.0971. The van der Waals surface area contributed by atoms with Crippen LogP contribution in [0.5, 0.6) is 0 Å². The minimum absolute atomic E-state index is 0.0137. The highest BCUT2D eigenvalue weighted by molar-refractivity contribution is 5.62. The Morgan fingerprint density at radius 3 is 2.91 bits per heavy atom. The van der Waals surface area contributed by atoms with E-state index in [4.69, 9.17) is 10.5 Å². The summed E-state index contributed by atoms with van der Waals surface area (Å²) in [6.45, 7) is 0. The van der Waals surface area contributed by atoms with Crippen LogP contribution in [0.3, 0.4) is 0 Å². The van der Waals surface area contributed by atoms with Gasteiger partial charge in [0.05, 0.1) is 6.17 Å². The molecule has 64 valence electrons. The van der Waals surface area contributed by atoms with Gasteiger partial charge in [0.2, 0.25) is 0 Å². The molecule has 0 saturated carbocycles. The number of rotatable bonds is 2. The molecule has 3 atom stereocenters. The van der Waals surface area contributed by atoms with Crippen molar-refractivity contribution in [1.82, 2.24) is 0 Å². The molecule has 0 aromatic heterocycles. The number of ether oxygens (including phenoxy) is 1. The van der Waals surface area contributed by atoms with Crippen molar-refractivity contribution in [2.45, 2.75) is 25.3 Å². The first-order valence-corrected chi connectivity index (χ1v) is 3.74. The Labute approximate surface area is 66.1 Å². The second kappa shape index (κ2) is 3.80. The zero-order valence-electron chi connectivity index (χ0n) is 6.60. The van der Waals surface area contributed by atoms with Crippen molar-refractivity contribution in [3.63, 3.8) is 0 Å². The van der Waals surface area contributed by atoms with Crippen LogP contribution in [-0.2, 0) is 4.74 Å². The Balaban J connectivity index is 2.43. The molecule has 1 aliphatic heterocycles. The van der Waals surface area contributed by atoms with Crippen molar-refractivity contribution < 1.29 is 9.84 Å². The number of hydrogen-bond acceptors (Lipinski definition) is 4. The molecule has 0 radical (unpaired) electrons. The molecule has 0 aromatic carbocycles. The normalized spacial score (nSPS) is 33.7. The van der Waals surface area contributed by atoms with E-state index < -0.39 is 6.29 Å². The molecule has 1 aliphatic rings. The van der Waals surface area contributed by atoms with Gasteiger partial charge in [-0.1, -0.05) is 0 Å². The summed E-state index contributed by atoms with van der Waals surface area (Å²) < 4.78 is 4.75. The molecular weight excluding hydrogens is 144 g/mol. The Bertz CT molecular complexity index is 149. The van der Waals surface area contributed by atoms with E-state index in [1.54, 1.807) is 6.21 Å². The topological polar surface area (TPSA) is 67.8 Å². The summed E-state index contributed by atoms with van der Waals surface area (Å²) in [5.74, 6) is 0.0137. The van der Waals surface area contributed by atoms with Crippen molar-refractivity contribution in [2.24, 2.45) is 16.6 Å². The lowest BCUT2D eigenvalue weighted by Crippen LogP contribution is -2.31. The third kappa shape index (κ3) is 2.25. The van der Waals surface area contributed by atoms with Crippen molar-refractivity contribution in [2.75, 3.05) is 7.11 Å². The highest BCUT2D eigenvalue weighted by Crippen LogP contribution is 2.16. The molecule has 0 amide bonds. The summed E-state index contributed by atoms with van der Waals surface area (Å²) >= 11 is 0. The maximum atomic E-state index is 9.21. The van der Waals surface area contributed by atoms with E-state index in [2.05, 4.69) is 4.99 Å². The van der Waals surface area contributed by atoms with Gasteiger partial charge < -0.3 is 15.6 Å². The molecule has 4 nitrogen and oxygen atoms in total. The minimum atomic E-state index is -0.730. The van der Waals surface area contributed by atoms with Crippen LogP contribution in [0.25, 0.3) is 0 Å². The second-order valence-electron chi connectivity index (χ2n) is 2.73. The summed E-state index contributed by atoms with van der Waals surface area (Å²) in [5.41, 5.74) is 5.52. The zero-order valence-corrected chi connectivity index (χ0v) is 6.60. The Kier molecular flexibility index (Phi) is 2.99. The fourth-order valence-corrected chi connectivity index (χ4v) is 1.12. The molecule has 3 N–H and O–H groups in total. The van der Waals surface area contributed by atoms with Crippen LogP contribution in [0.2, 0.25) is 0 Å². The van der Waals surface area contributed by atoms with Crippen molar-refractivity contribution in [1.29, 1.82) is 0 Å². The number of hydrogen-bond donors (Lipinski definition) is 2. The molecule has 0 saturated heterocycles. The van der Waals surface area contributed by atoms with Gasteiger partial charge in [-0.2, -0.15) is 0 Å². The average Bonchev–Trinajstić information content (AvgIpc) is 2.05. The quantitative estimate of drug-likeness (QED) is 0.543. The van der Waals surface area contributed by atoms with Crippen LogP contribution < -0.4 is 5.73 Å². The predicted octanol–water partition coefficient (Wildman–Crippen LogP) is -0.283. The average molecular weight is 158 g/mol. The highest BCUT2D eigenvalue weighted by Gasteiger charge is 2.20.